The minimum Gasteiger partial charge on any atom is -0.300 e. The van der Waals surface area contributed by atoms with E-state index in [1.54, 1.807) is 6.92 Å². The Kier molecular flexibility index (Phi) is 3.83. The van der Waals surface area contributed by atoms with Gasteiger partial charge in [-0.2, -0.15) is 0 Å². The van der Waals surface area contributed by atoms with Gasteiger partial charge in [-0.25, -0.2) is 4.67 Å². The number of carbonyl (C=O) groups excluding carboxylic acids is 1. The molecule has 1 saturated heterocycles. The summed E-state index contributed by atoms with van der Waals surface area (Å²) in [5.74, 6) is 0.886. The zero-order valence-corrected chi connectivity index (χ0v) is 8.31. The van der Waals surface area contributed by atoms with Crippen molar-refractivity contribution < 1.29 is 4.79 Å². The molecular formula is C8H15N2OP. The van der Waals surface area contributed by atoms with Crippen molar-refractivity contribution in [3.8, 4) is 0 Å². The molecule has 1 aliphatic heterocycles. The van der Waals surface area contributed by atoms with Crippen LogP contribution in [0.1, 0.15) is 26.2 Å². The Balaban J connectivity index is 2.26. The van der Waals surface area contributed by atoms with Crippen LogP contribution in [0.4, 0.5) is 0 Å². The van der Waals surface area contributed by atoms with Gasteiger partial charge in [0, 0.05) is 19.5 Å². The van der Waals surface area contributed by atoms with Crippen LogP contribution in [0.25, 0.3) is 0 Å². The van der Waals surface area contributed by atoms with E-state index in [1.807, 2.05) is 0 Å². The Morgan fingerprint density at radius 1 is 1.58 bits per heavy atom. The highest BCUT2D eigenvalue weighted by Crippen LogP contribution is 2.23. The molecule has 0 aromatic heterocycles. The van der Waals surface area contributed by atoms with E-state index in [2.05, 4.69) is 4.67 Å². The highest BCUT2D eigenvalue weighted by Gasteiger charge is 2.18. The number of nitrogens with one attached hydrogen (secondary N) is 1. The van der Waals surface area contributed by atoms with Crippen molar-refractivity contribution >= 4 is 14.3 Å². The van der Waals surface area contributed by atoms with Crippen LogP contribution in [0.15, 0.2) is 0 Å². The lowest BCUT2D eigenvalue weighted by Crippen LogP contribution is -2.27. The molecule has 1 N–H and O–H groups in total. The third-order valence-electron chi connectivity index (χ3n) is 2.31. The number of rotatable bonds is 3. The summed E-state index contributed by atoms with van der Waals surface area (Å²) in [6, 6.07) is 0. The molecule has 1 heterocycles. The Labute approximate surface area is 74.9 Å². The molecule has 1 rings (SSSR count). The van der Waals surface area contributed by atoms with Crippen molar-refractivity contribution in [2.24, 2.45) is 5.92 Å². The maximum atomic E-state index is 10.8. The smallest absolute Gasteiger partial charge is 0.130 e. The van der Waals surface area contributed by atoms with Crippen LogP contribution in [0.5, 0.6) is 0 Å². The summed E-state index contributed by atoms with van der Waals surface area (Å²) in [7, 11) is 0.628. The van der Waals surface area contributed by atoms with E-state index >= 15 is 0 Å². The van der Waals surface area contributed by atoms with Crippen molar-refractivity contribution in [2.75, 3.05) is 13.1 Å². The number of nitrogens with zero attached hydrogens (tertiary/aromatic N) is 1. The molecule has 0 radical (unpaired) electrons. The molecule has 0 aliphatic carbocycles. The summed E-state index contributed by atoms with van der Waals surface area (Å²) in [5, 5.41) is 7.14. The average Bonchev–Trinajstić information content (AvgIpc) is 2.05. The molecule has 12 heavy (non-hydrogen) atoms. The SMILES string of the molecule is CC(=O)CC1CCN(P=N)CC1. The normalized spacial score (nSPS) is 21.4. The van der Waals surface area contributed by atoms with Gasteiger partial charge in [-0.3, -0.25) is 5.16 Å². The maximum absolute atomic E-state index is 10.8. The zero-order valence-electron chi connectivity index (χ0n) is 7.42. The van der Waals surface area contributed by atoms with Gasteiger partial charge in [0.2, 0.25) is 0 Å². The molecular weight excluding hydrogens is 171 g/mol. The van der Waals surface area contributed by atoms with Crippen LogP contribution < -0.4 is 0 Å². The molecule has 3 nitrogen and oxygen atoms in total. The second-order valence-electron chi connectivity index (χ2n) is 3.40. The number of ketones is 1. The first-order valence-corrected chi connectivity index (χ1v) is 5.19. The largest absolute Gasteiger partial charge is 0.300 e. The third kappa shape index (κ3) is 3.00. The van der Waals surface area contributed by atoms with E-state index < -0.39 is 0 Å². The number of hydrogen-bond acceptors (Lipinski definition) is 2. The third-order valence-corrected chi connectivity index (χ3v) is 2.99. The van der Waals surface area contributed by atoms with Gasteiger partial charge in [0.05, 0.1) is 8.52 Å². The average molecular weight is 186 g/mol. The van der Waals surface area contributed by atoms with Gasteiger partial charge in [-0.05, 0) is 25.7 Å². The topological polar surface area (TPSA) is 44.2 Å². The molecule has 0 spiro atoms. The van der Waals surface area contributed by atoms with E-state index in [1.165, 1.54) is 0 Å². The number of piperidine rings is 1. The number of hydrogen-bond donors (Lipinski definition) is 1. The van der Waals surface area contributed by atoms with E-state index in [4.69, 9.17) is 5.16 Å². The Hall–Kier alpha value is -0.270. The highest BCUT2D eigenvalue weighted by molar-refractivity contribution is 7.22. The molecule has 0 saturated carbocycles. The van der Waals surface area contributed by atoms with Crippen LogP contribution in [0.2, 0.25) is 0 Å². The summed E-state index contributed by atoms with van der Waals surface area (Å²) < 4.78 is 2.09. The molecule has 68 valence electrons. The van der Waals surface area contributed by atoms with Crippen molar-refractivity contribution in [3.05, 3.63) is 0 Å². The van der Waals surface area contributed by atoms with Gasteiger partial charge in [0.15, 0.2) is 0 Å². The van der Waals surface area contributed by atoms with Crippen LogP contribution in [-0.2, 0) is 4.79 Å². The first kappa shape index (κ1) is 9.82. The predicted molar refractivity (Wildman–Crippen MR) is 49.2 cm³/mol. The van der Waals surface area contributed by atoms with Gasteiger partial charge in [-0.15, -0.1) is 0 Å². The second-order valence-corrected chi connectivity index (χ2v) is 4.17. The highest BCUT2D eigenvalue weighted by atomic mass is 31.1. The molecule has 0 bridgehead atoms. The Morgan fingerprint density at radius 3 is 2.58 bits per heavy atom. The summed E-state index contributed by atoms with van der Waals surface area (Å²) in [5.41, 5.74) is 0. The van der Waals surface area contributed by atoms with Gasteiger partial charge in [-0.1, -0.05) is 0 Å². The van der Waals surface area contributed by atoms with E-state index in [9.17, 15) is 4.79 Å². The van der Waals surface area contributed by atoms with Gasteiger partial charge in [0.1, 0.15) is 5.78 Å². The minimum atomic E-state index is 0.303. The van der Waals surface area contributed by atoms with Gasteiger partial charge in [0.25, 0.3) is 0 Å². The molecule has 0 aromatic carbocycles. The molecule has 4 heteroatoms. The first-order chi connectivity index (χ1) is 5.72. The fourth-order valence-electron chi connectivity index (χ4n) is 1.63. The summed E-state index contributed by atoms with van der Waals surface area (Å²) in [4.78, 5) is 10.8. The van der Waals surface area contributed by atoms with Crippen LogP contribution in [0, 0.1) is 11.1 Å². The van der Waals surface area contributed by atoms with Crippen LogP contribution in [-0.4, -0.2) is 23.5 Å². The molecule has 0 atom stereocenters. The molecule has 0 unspecified atom stereocenters. The minimum absolute atomic E-state index is 0.303. The van der Waals surface area contributed by atoms with Crippen LogP contribution in [0.3, 0.4) is 0 Å². The fourth-order valence-corrected chi connectivity index (χ4v) is 2.06. The Morgan fingerprint density at radius 2 is 2.17 bits per heavy atom. The van der Waals surface area contributed by atoms with Crippen molar-refractivity contribution in [2.45, 2.75) is 26.2 Å². The van der Waals surface area contributed by atoms with Crippen molar-refractivity contribution in [1.82, 2.24) is 4.67 Å². The lowest BCUT2D eigenvalue weighted by Gasteiger charge is -2.27. The summed E-state index contributed by atoms with van der Waals surface area (Å²) in [6.45, 7) is 3.64. The lowest BCUT2D eigenvalue weighted by atomic mass is 9.93. The van der Waals surface area contributed by atoms with Crippen LogP contribution >= 0.6 is 8.52 Å². The fraction of sp³-hybridized carbons (Fsp3) is 0.875. The summed E-state index contributed by atoms with van der Waals surface area (Å²) in [6.07, 6.45) is 2.92. The van der Waals surface area contributed by atoms with E-state index in [0.29, 0.717) is 20.2 Å². The van der Waals surface area contributed by atoms with Gasteiger partial charge >= 0.3 is 0 Å². The van der Waals surface area contributed by atoms with Gasteiger partial charge < -0.3 is 4.79 Å². The quantitative estimate of drug-likeness (QED) is 0.687. The number of Topliss-reactive ketones (excluding diaryl/α,β-unsaturated/α-hetero) is 1. The standard InChI is InChI=1S/C8H15N2OP/c1-7(11)6-8-2-4-10(12-9)5-3-8/h8-9H,2-6H2,1H3. The molecule has 0 aromatic rings. The zero-order chi connectivity index (χ0) is 8.97. The second kappa shape index (κ2) is 4.68. The number of carbonyl (C=O) groups is 1. The van der Waals surface area contributed by atoms with E-state index in [0.717, 1.165) is 32.4 Å². The summed E-state index contributed by atoms with van der Waals surface area (Å²) >= 11 is 0. The maximum Gasteiger partial charge on any atom is 0.130 e. The molecule has 0 amide bonds. The lowest BCUT2D eigenvalue weighted by molar-refractivity contribution is -0.118. The first-order valence-electron chi connectivity index (χ1n) is 4.34. The monoisotopic (exact) mass is 186 g/mol. The van der Waals surface area contributed by atoms with E-state index in [-0.39, 0.29) is 0 Å². The molecule has 1 fully saturated rings. The predicted octanol–water partition coefficient (Wildman–Crippen LogP) is 2.30. The molecule has 1 aliphatic rings. The Bertz CT molecular complexity index is 176. The van der Waals surface area contributed by atoms with Crippen molar-refractivity contribution in [1.29, 1.82) is 5.16 Å². The van der Waals surface area contributed by atoms with Crippen molar-refractivity contribution in [3.63, 3.8) is 0 Å².